The van der Waals surface area contributed by atoms with Gasteiger partial charge in [0.1, 0.15) is 0 Å². The Morgan fingerprint density at radius 1 is 0.714 bits per heavy atom. The number of hydrogen-bond donors (Lipinski definition) is 1. The number of rotatable bonds is 15. The first kappa shape index (κ1) is 31.9. The number of carbonyl (C=O) groups is 1. The second-order valence-electron chi connectivity index (χ2n) is 8.72. The van der Waals surface area contributed by atoms with Crippen LogP contribution >= 0.6 is 0 Å². The zero-order valence-corrected chi connectivity index (χ0v) is 20.7. The number of amides is 1. The molecule has 28 heavy (non-hydrogen) atoms. The second-order valence-corrected chi connectivity index (χ2v) is 8.72. The van der Waals surface area contributed by atoms with Gasteiger partial charge in [0.25, 0.3) is 0 Å². The van der Waals surface area contributed by atoms with Gasteiger partial charge in [0.15, 0.2) is 0 Å². The lowest BCUT2D eigenvalue weighted by Crippen LogP contribution is -2.34. The minimum atomic E-state index is -0.144. The molecule has 1 amide bonds. The van der Waals surface area contributed by atoms with Crippen LogP contribution in [-0.4, -0.2) is 45.1 Å². The van der Waals surface area contributed by atoms with Crippen molar-refractivity contribution in [3.63, 3.8) is 0 Å². The monoisotopic (exact) mass is 399 g/mol. The molecule has 0 unspecified atom stereocenters. The normalized spacial score (nSPS) is 10.2. The van der Waals surface area contributed by atoms with Crippen LogP contribution in [0.5, 0.6) is 0 Å². The van der Waals surface area contributed by atoms with E-state index in [9.17, 15) is 4.79 Å². The maximum atomic E-state index is 9.95. The van der Waals surface area contributed by atoms with Gasteiger partial charge < -0.3 is 9.80 Å². The van der Waals surface area contributed by atoms with Gasteiger partial charge in [0.2, 0.25) is 5.91 Å². The number of nitrogens with one attached hydrogen (secondary N) is 1. The number of likely N-dealkylation sites (N-methyl/N-ethyl adjacent to an activating group) is 1. The summed E-state index contributed by atoms with van der Waals surface area (Å²) in [5, 5.41) is 2.36. The first-order chi connectivity index (χ1) is 13.3. The molecule has 0 rings (SSSR count). The highest BCUT2D eigenvalue weighted by Crippen LogP contribution is 2.12. The molecule has 0 aliphatic rings. The van der Waals surface area contributed by atoms with Crippen molar-refractivity contribution in [1.29, 1.82) is 0 Å². The molecule has 0 aromatic rings. The van der Waals surface area contributed by atoms with Crippen molar-refractivity contribution in [1.82, 2.24) is 5.32 Å². The zero-order valence-electron chi connectivity index (χ0n) is 20.7. The molecule has 0 bridgehead atoms. The molecule has 0 atom stereocenters. The van der Waals surface area contributed by atoms with Crippen molar-refractivity contribution < 1.29 is 9.28 Å². The average Bonchev–Trinajstić information content (AvgIpc) is 2.65. The standard InChI is InChI=1S/C15H32.C6H16N.C4H7NO/c1-3-5-7-9-11-13-15-14-12-10-8-6-4-2;1-5-6-7(2,3)4;1-3-4(6)5-2/h3-15H2,1-2H3;5-6H2,1-4H3;3H,1H2,2H3,(H,5,6)/q;+1;. The van der Waals surface area contributed by atoms with Crippen molar-refractivity contribution in [2.45, 2.75) is 111 Å². The Kier molecular flexibility index (Phi) is 29.8. The molecule has 0 saturated heterocycles. The van der Waals surface area contributed by atoms with E-state index in [0.717, 1.165) is 4.48 Å². The smallest absolute Gasteiger partial charge is 0.243 e. The minimum absolute atomic E-state index is 0.144. The minimum Gasteiger partial charge on any atom is -0.356 e. The van der Waals surface area contributed by atoms with Gasteiger partial charge >= 0.3 is 0 Å². The zero-order chi connectivity index (χ0) is 22.1. The summed E-state index contributed by atoms with van der Waals surface area (Å²) in [6, 6.07) is 0. The molecule has 3 nitrogen and oxygen atoms in total. The summed E-state index contributed by atoms with van der Waals surface area (Å²) in [4.78, 5) is 9.95. The lowest BCUT2D eigenvalue weighted by atomic mass is 10.1. The third kappa shape index (κ3) is 40.0. The Balaban J connectivity index is -0.000000397. The lowest BCUT2D eigenvalue weighted by Gasteiger charge is -2.22. The highest BCUT2D eigenvalue weighted by atomic mass is 16.1. The van der Waals surface area contributed by atoms with Gasteiger partial charge in [-0.25, -0.2) is 0 Å². The Morgan fingerprint density at radius 2 is 1.04 bits per heavy atom. The molecule has 0 aromatic carbocycles. The van der Waals surface area contributed by atoms with Crippen LogP contribution in [-0.2, 0) is 4.79 Å². The molecule has 3 heteroatoms. The fourth-order valence-electron chi connectivity index (χ4n) is 2.86. The van der Waals surface area contributed by atoms with E-state index in [2.05, 4.69) is 53.8 Å². The molecular weight excluding hydrogens is 344 g/mol. The predicted molar refractivity (Wildman–Crippen MR) is 129 cm³/mol. The fourth-order valence-corrected chi connectivity index (χ4v) is 2.86. The van der Waals surface area contributed by atoms with E-state index >= 15 is 0 Å². The van der Waals surface area contributed by atoms with Gasteiger partial charge in [-0.3, -0.25) is 4.79 Å². The molecule has 0 spiro atoms. The second kappa shape index (κ2) is 26.2. The van der Waals surface area contributed by atoms with Gasteiger partial charge in [-0.2, -0.15) is 0 Å². The van der Waals surface area contributed by atoms with E-state index in [4.69, 9.17) is 0 Å². The maximum absolute atomic E-state index is 9.95. The number of carbonyl (C=O) groups excluding carboxylic acids is 1. The van der Waals surface area contributed by atoms with Crippen molar-refractivity contribution in [3.8, 4) is 0 Å². The molecule has 0 fully saturated rings. The summed E-state index contributed by atoms with van der Waals surface area (Å²) in [5.74, 6) is -0.144. The lowest BCUT2D eigenvalue weighted by molar-refractivity contribution is -0.870. The first-order valence-electron chi connectivity index (χ1n) is 11.9. The van der Waals surface area contributed by atoms with Gasteiger partial charge in [-0.1, -0.05) is 111 Å². The molecule has 1 N–H and O–H groups in total. The van der Waals surface area contributed by atoms with Crippen molar-refractivity contribution in [2.75, 3.05) is 34.7 Å². The number of unbranched alkanes of at least 4 members (excludes halogenated alkanes) is 12. The maximum Gasteiger partial charge on any atom is 0.243 e. The Bertz CT molecular complexity index is 296. The Morgan fingerprint density at radius 3 is 1.14 bits per heavy atom. The third-order valence-electron chi connectivity index (χ3n) is 4.53. The summed E-state index contributed by atoms with van der Waals surface area (Å²) in [6.45, 7) is 11.3. The summed E-state index contributed by atoms with van der Waals surface area (Å²) >= 11 is 0. The van der Waals surface area contributed by atoms with Crippen LogP contribution in [0.1, 0.15) is 111 Å². The van der Waals surface area contributed by atoms with Crippen LogP contribution in [0.25, 0.3) is 0 Å². The molecule has 170 valence electrons. The quantitative estimate of drug-likeness (QED) is 0.177. The molecule has 0 saturated carbocycles. The van der Waals surface area contributed by atoms with Crippen LogP contribution in [0.3, 0.4) is 0 Å². The van der Waals surface area contributed by atoms with Gasteiger partial charge in [0, 0.05) is 7.05 Å². The Labute approximate surface area is 179 Å². The van der Waals surface area contributed by atoms with Crippen LogP contribution in [0.2, 0.25) is 0 Å². The molecular formula is C25H55N2O+. The number of nitrogens with zero attached hydrogens (tertiary/aromatic N) is 1. The first-order valence-corrected chi connectivity index (χ1v) is 11.9. The van der Waals surface area contributed by atoms with Crippen LogP contribution in [0.4, 0.5) is 0 Å². The molecule has 0 aliphatic carbocycles. The SMILES string of the molecule is C=CC(=O)NC.CCCCCCCCCCCCCCC.CCC[N+](C)(C)C. The molecule has 0 radical (unpaired) electrons. The van der Waals surface area contributed by atoms with Gasteiger partial charge in [0.05, 0.1) is 27.7 Å². The number of quaternary nitrogens is 1. The van der Waals surface area contributed by atoms with Crippen LogP contribution in [0, 0.1) is 0 Å². The van der Waals surface area contributed by atoms with Crippen molar-refractivity contribution in [2.24, 2.45) is 0 Å². The summed E-state index contributed by atoms with van der Waals surface area (Å²) in [6.07, 6.45) is 21.4. The molecule has 0 aromatic heterocycles. The summed E-state index contributed by atoms with van der Waals surface area (Å²) in [7, 11) is 8.19. The predicted octanol–water partition coefficient (Wildman–Crippen LogP) is 7.12. The largest absolute Gasteiger partial charge is 0.356 e. The van der Waals surface area contributed by atoms with Crippen LogP contribution in [0.15, 0.2) is 12.7 Å². The third-order valence-corrected chi connectivity index (χ3v) is 4.53. The van der Waals surface area contributed by atoms with Gasteiger partial charge in [-0.05, 0) is 12.5 Å². The van der Waals surface area contributed by atoms with E-state index < -0.39 is 0 Å². The summed E-state index contributed by atoms with van der Waals surface area (Å²) in [5.41, 5.74) is 0. The van der Waals surface area contributed by atoms with E-state index in [-0.39, 0.29) is 5.91 Å². The van der Waals surface area contributed by atoms with Crippen LogP contribution < -0.4 is 5.32 Å². The molecule has 0 heterocycles. The highest BCUT2D eigenvalue weighted by Gasteiger charge is 2.01. The fraction of sp³-hybridized carbons (Fsp3) is 0.880. The average molecular weight is 400 g/mol. The Hall–Kier alpha value is -0.830. The summed E-state index contributed by atoms with van der Waals surface area (Å²) < 4.78 is 1.09. The van der Waals surface area contributed by atoms with Crippen molar-refractivity contribution in [3.05, 3.63) is 12.7 Å². The highest BCUT2D eigenvalue weighted by molar-refractivity contribution is 5.86. The number of hydrogen-bond acceptors (Lipinski definition) is 1. The van der Waals surface area contributed by atoms with E-state index in [1.807, 2.05) is 0 Å². The topological polar surface area (TPSA) is 29.1 Å². The molecule has 0 aliphatic heterocycles. The van der Waals surface area contributed by atoms with E-state index in [1.54, 1.807) is 7.05 Å². The van der Waals surface area contributed by atoms with Crippen molar-refractivity contribution >= 4 is 5.91 Å². The van der Waals surface area contributed by atoms with E-state index in [1.165, 1.54) is 103 Å². The van der Waals surface area contributed by atoms with E-state index in [0.29, 0.717) is 0 Å². The van der Waals surface area contributed by atoms with Gasteiger partial charge in [-0.15, -0.1) is 0 Å².